The molecular weight excluding hydrogens is 252 g/mol. The molecule has 1 radical (unpaired) electrons. The summed E-state index contributed by atoms with van der Waals surface area (Å²) in [5.74, 6) is 0. The zero-order chi connectivity index (χ0) is 15.4. The van der Waals surface area contributed by atoms with E-state index in [1.54, 1.807) is 0 Å². The van der Waals surface area contributed by atoms with Gasteiger partial charge in [0.05, 0.1) is 0 Å². The van der Waals surface area contributed by atoms with Crippen LogP contribution in [0.25, 0.3) is 11.1 Å². The second kappa shape index (κ2) is 4.47. The summed E-state index contributed by atoms with van der Waals surface area (Å²) in [5.41, 5.74) is 8.76. The Morgan fingerprint density at radius 2 is 1.43 bits per heavy atom. The number of benzene rings is 2. The molecule has 0 aliphatic heterocycles. The van der Waals surface area contributed by atoms with E-state index in [-0.39, 0.29) is 10.8 Å². The molecule has 0 N–H and O–H groups in total. The Morgan fingerprint density at radius 3 is 2.05 bits per heavy atom. The fraction of sp³-hybridized carbons (Fsp3) is 0.381. The van der Waals surface area contributed by atoms with Gasteiger partial charge in [0, 0.05) is 6.42 Å². The highest BCUT2D eigenvalue weighted by molar-refractivity contribution is 5.83. The fourth-order valence-electron chi connectivity index (χ4n) is 3.15. The highest BCUT2D eigenvalue weighted by Crippen LogP contribution is 2.44. The van der Waals surface area contributed by atoms with Crippen molar-refractivity contribution >= 4 is 0 Å². The van der Waals surface area contributed by atoms with E-state index >= 15 is 0 Å². The van der Waals surface area contributed by atoms with Crippen LogP contribution in [0.3, 0.4) is 0 Å². The zero-order valence-electron chi connectivity index (χ0n) is 14.0. The highest BCUT2D eigenvalue weighted by Gasteiger charge is 2.27. The zero-order valence-corrected chi connectivity index (χ0v) is 14.0. The molecule has 0 atom stereocenters. The van der Waals surface area contributed by atoms with Gasteiger partial charge in [0.25, 0.3) is 0 Å². The van der Waals surface area contributed by atoms with E-state index in [1.807, 2.05) is 0 Å². The largest absolute Gasteiger partial charge is 0.0613 e. The third kappa shape index (κ3) is 2.41. The minimum atomic E-state index is 0.177. The Kier molecular flexibility index (Phi) is 3.06. The summed E-state index contributed by atoms with van der Waals surface area (Å²) in [7, 11) is 0. The Hall–Kier alpha value is -1.56. The van der Waals surface area contributed by atoms with Crippen molar-refractivity contribution in [1.29, 1.82) is 0 Å². The predicted octanol–water partition coefficient (Wildman–Crippen LogP) is 5.86. The molecule has 0 saturated carbocycles. The molecule has 109 valence electrons. The van der Waals surface area contributed by atoms with Crippen LogP contribution in [-0.4, -0.2) is 0 Å². The van der Waals surface area contributed by atoms with Crippen LogP contribution in [0.1, 0.15) is 63.8 Å². The van der Waals surface area contributed by atoms with Crippen LogP contribution in [0.2, 0.25) is 0 Å². The van der Waals surface area contributed by atoms with Crippen molar-refractivity contribution in [1.82, 2.24) is 0 Å². The molecule has 0 fully saturated rings. The summed E-state index contributed by atoms with van der Waals surface area (Å²) in [6, 6.07) is 13.7. The van der Waals surface area contributed by atoms with Gasteiger partial charge in [0.15, 0.2) is 0 Å². The summed E-state index contributed by atoms with van der Waals surface area (Å²) < 4.78 is 0. The molecule has 0 aromatic heterocycles. The lowest BCUT2D eigenvalue weighted by Crippen LogP contribution is -2.13. The van der Waals surface area contributed by atoms with Gasteiger partial charge in [-0.05, 0) is 44.2 Å². The topological polar surface area (TPSA) is 0 Å². The molecule has 0 unspecified atom stereocenters. The van der Waals surface area contributed by atoms with E-state index in [0.29, 0.717) is 0 Å². The average Bonchev–Trinajstić information content (AvgIpc) is 2.73. The van der Waals surface area contributed by atoms with Crippen LogP contribution in [0, 0.1) is 6.42 Å². The Labute approximate surface area is 129 Å². The smallest absolute Gasteiger partial charge is 0.0214 e. The van der Waals surface area contributed by atoms with Crippen LogP contribution >= 0.6 is 0 Å². The number of rotatable bonds is 0. The molecule has 2 aromatic carbocycles. The van der Waals surface area contributed by atoms with Gasteiger partial charge < -0.3 is 0 Å². The van der Waals surface area contributed by atoms with Crippen molar-refractivity contribution in [3.05, 3.63) is 65.1 Å². The van der Waals surface area contributed by atoms with Gasteiger partial charge in [0.2, 0.25) is 0 Å². The minimum Gasteiger partial charge on any atom is -0.0613 e. The van der Waals surface area contributed by atoms with Crippen LogP contribution < -0.4 is 0 Å². The summed E-state index contributed by atoms with van der Waals surface area (Å²) >= 11 is 0. The Balaban J connectivity index is 2.18. The summed E-state index contributed by atoms with van der Waals surface area (Å²) in [6.07, 6.45) is 2.36. The number of hydrogen-bond donors (Lipinski definition) is 0. The maximum atomic E-state index is 2.38. The summed E-state index contributed by atoms with van der Waals surface area (Å²) in [5, 5.41) is 0. The first-order chi connectivity index (χ1) is 9.68. The van der Waals surface area contributed by atoms with E-state index in [1.165, 1.54) is 33.4 Å². The van der Waals surface area contributed by atoms with E-state index in [0.717, 1.165) is 0 Å². The summed E-state index contributed by atoms with van der Waals surface area (Å²) in [6.45, 7) is 13.7. The van der Waals surface area contributed by atoms with Gasteiger partial charge >= 0.3 is 0 Å². The molecule has 0 heteroatoms. The van der Waals surface area contributed by atoms with E-state index in [9.17, 15) is 0 Å². The van der Waals surface area contributed by atoms with E-state index < -0.39 is 0 Å². The van der Waals surface area contributed by atoms with Crippen molar-refractivity contribution < 1.29 is 0 Å². The quantitative estimate of drug-likeness (QED) is 0.482. The van der Waals surface area contributed by atoms with Crippen LogP contribution in [-0.2, 0) is 10.8 Å². The molecule has 0 nitrogen and oxygen atoms in total. The van der Waals surface area contributed by atoms with Crippen LogP contribution in [0.15, 0.2) is 36.4 Å². The van der Waals surface area contributed by atoms with Crippen molar-refractivity contribution in [2.24, 2.45) is 0 Å². The van der Waals surface area contributed by atoms with Gasteiger partial charge in [-0.3, -0.25) is 0 Å². The normalized spacial score (nSPS) is 14.0. The lowest BCUT2D eigenvalue weighted by atomic mass is 9.82. The maximum Gasteiger partial charge on any atom is 0.0214 e. The van der Waals surface area contributed by atoms with Crippen LogP contribution in [0.5, 0.6) is 0 Å². The third-order valence-electron chi connectivity index (χ3n) is 4.42. The second-order valence-electron chi connectivity index (χ2n) is 8.21. The van der Waals surface area contributed by atoms with Crippen LogP contribution in [0.4, 0.5) is 0 Å². The Morgan fingerprint density at radius 1 is 0.714 bits per heavy atom. The third-order valence-corrected chi connectivity index (χ3v) is 4.42. The second-order valence-corrected chi connectivity index (χ2v) is 8.21. The van der Waals surface area contributed by atoms with Crippen molar-refractivity contribution in [2.75, 3.05) is 0 Å². The standard InChI is InChI=1S/C21H25/c1-20(2,3)15-11-10-14-12-18-16(17(14)13-15)8-7-9-19(18)21(4,5)6/h7-13H,1-6H3. The molecule has 1 aliphatic rings. The lowest BCUT2D eigenvalue weighted by Gasteiger charge is -2.22. The molecule has 0 amide bonds. The molecular formula is C21H25. The van der Waals surface area contributed by atoms with Gasteiger partial charge in [-0.1, -0.05) is 77.9 Å². The van der Waals surface area contributed by atoms with Crippen molar-refractivity contribution in [3.8, 4) is 11.1 Å². The summed E-state index contributed by atoms with van der Waals surface area (Å²) in [4.78, 5) is 0. The van der Waals surface area contributed by atoms with Crippen molar-refractivity contribution in [3.63, 3.8) is 0 Å². The number of hydrogen-bond acceptors (Lipinski definition) is 0. The molecule has 0 spiro atoms. The van der Waals surface area contributed by atoms with E-state index in [2.05, 4.69) is 84.4 Å². The van der Waals surface area contributed by atoms with Crippen molar-refractivity contribution in [2.45, 2.75) is 52.4 Å². The van der Waals surface area contributed by atoms with Gasteiger partial charge in [0.1, 0.15) is 0 Å². The predicted molar refractivity (Wildman–Crippen MR) is 91.8 cm³/mol. The first kappa shape index (κ1) is 14.4. The highest BCUT2D eigenvalue weighted by atomic mass is 14.3. The van der Waals surface area contributed by atoms with Gasteiger partial charge in [-0.25, -0.2) is 0 Å². The first-order valence-corrected chi connectivity index (χ1v) is 7.81. The Bertz CT molecular complexity index is 691. The molecule has 0 saturated heterocycles. The molecule has 0 bridgehead atoms. The van der Waals surface area contributed by atoms with E-state index in [4.69, 9.17) is 0 Å². The molecule has 0 heterocycles. The monoisotopic (exact) mass is 277 g/mol. The van der Waals surface area contributed by atoms with Gasteiger partial charge in [-0.15, -0.1) is 0 Å². The maximum absolute atomic E-state index is 2.38. The molecule has 3 rings (SSSR count). The SMILES string of the molecule is CC(C)(C)c1ccc2c(c1)-c1cccc(C(C)(C)C)c1[CH]2. The molecule has 21 heavy (non-hydrogen) atoms. The number of fused-ring (bicyclic) bond motifs is 3. The average molecular weight is 277 g/mol. The lowest BCUT2D eigenvalue weighted by molar-refractivity contribution is 0.588. The molecule has 1 aliphatic carbocycles. The van der Waals surface area contributed by atoms with Gasteiger partial charge in [-0.2, -0.15) is 0 Å². The first-order valence-electron chi connectivity index (χ1n) is 7.81. The minimum absolute atomic E-state index is 0.177. The fourth-order valence-corrected chi connectivity index (χ4v) is 3.15. The molecule has 2 aromatic rings.